The minimum atomic E-state index is 0.323. The lowest BCUT2D eigenvalue weighted by molar-refractivity contribution is 0.294. The highest BCUT2D eigenvalue weighted by Crippen LogP contribution is 2.27. The van der Waals surface area contributed by atoms with E-state index in [1.807, 2.05) is 24.4 Å². The average molecular weight is 303 g/mol. The summed E-state index contributed by atoms with van der Waals surface area (Å²) in [6.45, 7) is 7.68. The summed E-state index contributed by atoms with van der Waals surface area (Å²) >= 11 is 6.01. The van der Waals surface area contributed by atoms with Crippen molar-refractivity contribution in [3.8, 4) is 0 Å². The number of rotatable bonds is 7. The van der Waals surface area contributed by atoms with Gasteiger partial charge in [-0.15, -0.1) is 0 Å². The number of nitrogens with zero attached hydrogens (tertiary/aromatic N) is 2. The smallest absolute Gasteiger partial charge is 0.0478 e. The molecule has 0 amide bonds. The van der Waals surface area contributed by atoms with Crippen LogP contribution in [-0.2, 0) is 0 Å². The van der Waals surface area contributed by atoms with Crippen molar-refractivity contribution in [3.05, 3.63) is 64.9 Å². The lowest BCUT2D eigenvalue weighted by Crippen LogP contribution is -2.25. The first-order chi connectivity index (χ1) is 10.2. The Morgan fingerprint density at radius 1 is 1.05 bits per heavy atom. The molecule has 3 heteroatoms. The molecule has 2 aromatic rings. The molecule has 2 nitrogen and oxygen atoms in total. The largest absolute Gasteiger partial charge is 0.304 e. The highest BCUT2D eigenvalue weighted by molar-refractivity contribution is 6.30. The Bertz CT molecular complexity index is 521. The van der Waals surface area contributed by atoms with Gasteiger partial charge in [0.25, 0.3) is 0 Å². The maximum atomic E-state index is 6.01. The van der Waals surface area contributed by atoms with Crippen LogP contribution in [0.15, 0.2) is 48.7 Å². The molecule has 2 rings (SSSR count). The third-order valence-electron chi connectivity index (χ3n) is 3.95. The molecule has 0 aliphatic carbocycles. The van der Waals surface area contributed by atoms with E-state index >= 15 is 0 Å². The van der Waals surface area contributed by atoms with Crippen molar-refractivity contribution in [1.82, 2.24) is 9.88 Å². The van der Waals surface area contributed by atoms with E-state index in [-0.39, 0.29) is 0 Å². The van der Waals surface area contributed by atoms with Crippen molar-refractivity contribution in [3.63, 3.8) is 0 Å². The van der Waals surface area contributed by atoms with Crippen LogP contribution in [0.2, 0.25) is 5.02 Å². The minimum Gasteiger partial charge on any atom is -0.304 e. The summed E-state index contributed by atoms with van der Waals surface area (Å²) in [6.07, 6.45) is 2.94. The molecule has 0 saturated carbocycles. The monoisotopic (exact) mass is 302 g/mol. The Kier molecular flexibility index (Phi) is 6.21. The van der Waals surface area contributed by atoms with E-state index in [4.69, 9.17) is 11.6 Å². The Morgan fingerprint density at radius 2 is 1.76 bits per heavy atom. The second-order valence-corrected chi connectivity index (χ2v) is 5.61. The van der Waals surface area contributed by atoms with Gasteiger partial charge < -0.3 is 4.90 Å². The van der Waals surface area contributed by atoms with Crippen molar-refractivity contribution in [2.24, 2.45) is 0 Å². The highest BCUT2D eigenvalue weighted by atomic mass is 35.5. The second-order valence-electron chi connectivity index (χ2n) is 5.17. The Labute approximate surface area is 132 Å². The van der Waals surface area contributed by atoms with Gasteiger partial charge in [-0.1, -0.05) is 43.6 Å². The summed E-state index contributed by atoms with van der Waals surface area (Å²) < 4.78 is 0. The predicted octanol–water partition coefficient (Wildman–Crippen LogP) is 4.60. The summed E-state index contributed by atoms with van der Waals surface area (Å²) in [5.41, 5.74) is 2.41. The fourth-order valence-electron chi connectivity index (χ4n) is 2.61. The normalized spacial score (nSPS) is 12.6. The Hall–Kier alpha value is -1.38. The first-order valence-corrected chi connectivity index (χ1v) is 8.01. The van der Waals surface area contributed by atoms with E-state index < -0.39 is 0 Å². The number of hydrogen-bond donors (Lipinski definition) is 0. The molecule has 21 heavy (non-hydrogen) atoms. The molecule has 1 aromatic heterocycles. The lowest BCUT2D eigenvalue weighted by Gasteiger charge is -2.23. The van der Waals surface area contributed by atoms with Gasteiger partial charge >= 0.3 is 0 Å². The second kappa shape index (κ2) is 8.16. The van der Waals surface area contributed by atoms with E-state index in [2.05, 4.69) is 48.0 Å². The van der Waals surface area contributed by atoms with Crippen molar-refractivity contribution in [2.75, 3.05) is 19.6 Å². The fraction of sp³-hybridized carbons (Fsp3) is 0.389. The molecule has 0 saturated heterocycles. The highest BCUT2D eigenvalue weighted by Gasteiger charge is 2.16. The Balaban J connectivity index is 2.20. The van der Waals surface area contributed by atoms with Gasteiger partial charge in [0.05, 0.1) is 0 Å². The molecule has 112 valence electrons. The molecule has 1 unspecified atom stereocenters. The third-order valence-corrected chi connectivity index (χ3v) is 4.20. The first kappa shape index (κ1) is 16.0. The van der Waals surface area contributed by atoms with E-state index in [1.165, 1.54) is 5.56 Å². The molecular formula is C18H23ClN2. The zero-order valence-electron chi connectivity index (χ0n) is 12.8. The zero-order valence-corrected chi connectivity index (χ0v) is 13.6. The summed E-state index contributed by atoms with van der Waals surface area (Å²) in [5.74, 6) is 0.323. The maximum Gasteiger partial charge on any atom is 0.0478 e. The zero-order chi connectivity index (χ0) is 15.1. The quantitative estimate of drug-likeness (QED) is 0.743. The van der Waals surface area contributed by atoms with Crippen LogP contribution in [0.3, 0.4) is 0 Å². The van der Waals surface area contributed by atoms with Gasteiger partial charge in [0.2, 0.25) is 0 Å². The van der Waals surface area contributed by atoms with Crippen LogP contribution in [0.4, 0.5) is 0 Å². The van der Waals surface area contributed by atoms with Crippen molar-refractivity contribution >= 4 is 11.6 Å². The van der Waals surface area contributed by atoms with Crippen molar-refractivity contribution < 1.29 is 0 Å². The third kappa shape index (κ3) is 4.55. The van der Waals surface area contributed by atoms with Crippen LogP contribution in [0.5, 0.6) is 0 Å². The molecule has 1 aromatic carbocycles. The van der Waals surface area contributed by atoms with Crippen LogP contribution in [0, 0.1) is 0 Å². The average Bonchev–Trinajstić information content (AvgIpc) is 2.54. The number of halogens is 1. The molecule has 1 heterocycles. The van der Waals surface area contributed by atoms with Crippen LogP contribution < -0.4 is 0 Å². The lowest BCUT2D eigenvalue weighted by atomic mass is 9.92. The van der Waals surface area contributed by atoms with Crippen LogP contribution in [0.1, 0.15) is 37.4 Å². The topological polar surface area (TPSA) is 16.1 Å². The molecular weight excluding hydrogens is 280 g/mol. The summed E-state index contributed by atoms with van der Waals surface area (Å²) in [6, 6.07) is 14.3. The van der Waals surface area contributed by atoms with E-state index in [9.17, 15) is 0 Å². The van der Waals surface area contributed by atoms with Gasteiger partial charge in [-0.2, -0.15) is 0 Å². The fourth-order valence-corrected chi connectivity index (χ4v) is 2.74. The maximum absolute atomic E-state index is 6.01. The van der Waals surface area contributed by atoms with Gasteiger partial charge in [0, 0.05) is 22.8 Å². The number of hydrogen-bond acceptors (Lipinski definition) is 2. The van der Waals surface area contributed by atoms with Crippen molar-refractivity contribution in [2.45, 2.75) is 26.2 Å². The number of aromatic nitrogens is 1. The molecule has 0 bridgehead atoms. The predicted molar refractivity (Wildman–Crippen MR) is 89.9 cm³/mol. The molecule has 1 atom stereocenters. The van der Waals surface area contributed by atoms with Gasteiger partial charge in [-0.05, 0) is 55.9 Å². The molecule has 0 N–H and O–H groups in total. The molecule has 0 spiro atoms. The summed E-state index contributed by atoms with van der Waals surface area (Å²) in [4.78, 5) is 7.01. The standard InChI is InChI=1S/C18H23ClN2/c1-3-21(4-2)14-12-17(18-7-5-6-13-20-18)15-8-10-16(19)11-9-15/h5-11,13,17H,3-4,12,14H2,1-2H3. The van der Waals surface area contributed by atoms with Gasteiger partial charge in [-0.25, -0.2) is 0 Å². The first-order valence-electron chi connectivity index (χ1n) is 7.63. The van der Waals surface area contributed by atoms with Crippen LogP contribution >= 0.6 is 11.6 Å². The molecule has 0 fully saturated rings. The van der Waals surface area contributed by atoms with Crippen LogP contribution in [0.25, 0.3) is 0 Å². The number of benzene rings is 1. The number of pyridine rings is 1. The van der Waals surface area contributed by atoms with Crippen LogP contribution in [-0.4, -0.2) is 29.5 Å². The van der Waals surface area contributed by atoms with E-state index in [0.29, 0.717) is 5.92 Å². The summed E-state index contributed by atoms with van der Waals surface area (Å²) in [7, 11) is 0. The molecule has 0 radical (unpaired) electrons. The van der Waals surface area contributed by atoms with Gasteiger partial charge in [0.15, 0.2) is 0 Å². The molecule has 0 aliphatic heterocycles. The summed E-state index contributed by atoms with van der Waals surface area (Å²) in [5, 5.41) is 0.780. The SMILES string of the molecule is CCN(CC)CCC(c1ccc(Cl)cc1)c1ccccn1. The Morgan fingerprint density at radius 3 is 2.33 bits per heavy atom. The molecule has 0 aliphatic rings. The van der Waals surface area contributed by atoms with E-state index in [1.54, 1.807) is 0 Å². The minimum absolute atomic E-state index is 0.323. The van der Waals surface area contributed by atoms with Gasteiger partial charge in [0.1, 0.15) is 0 Å². The van der Waals surface area contributed by atoms with E-state index in [0.717, 1.165) is 36.8 Å². The van der Waals surface area contributed by atoms with Gasteiger partial charge in [-0.3, -0.25) is 4.98 Å². The van der Waals surface area contributed by atoms with Crippen molar-refractivity contribution in [1.29, 1.82) is 0 Å².